The van der Waals surface area contributed by atoms with Crippen molar-refractivity contribution in [3.8, 4) is 0 Å². The first kappa shape index (κ1) is 11.8. The van der Waals surface area contributed by atoms with Crippen LogP contribution in [0.2, 0.25) is 0 Å². The first-order chi connectivity index (χ1) is 7.65. The van der Waals surface area contributed by atoms with Crippen LogP contribution in [-0.2, 0) is 0 Å². The van der Waals surface area contributed by atoms with Gasteiger partial charge in [-0.3, -0.25) is 0 Å². The second-order valence-electron chi connectivity index (χ2n) is 3.44. The Bertz CT molecular complexity index is 536. The molecule has 0 amide bonds. The molecule has 2 aromatic heterocycles. The summed E-state index contributed by atoms with van der Waals surface area (Å²) in [5, 5.41) is 13.5. The van der Waals surface area contributed by atoms with E-state index >= 15 is 0 Å². The van der Waals surface area contributed by atoms with Crippen molar-refractivity contribution in [3.63, 3.8) is 0 Å². The summed E-state index contributed by atoms with van der Waals surface area (Å²) >= 11 is 0.194. The number of hydrogen-bond acceptors (Lipinski definition) is 5. The maximum atomic E-state index is 9.78. The number of rotatable bonds is 2. The van der Waals surface area contributed by atoms with Gasteiger partial charge in [0.1, 0.15) is 0 Å². The number of nitrogens with zero attached hydrogens (tertiary/aromatic N) is 3. The van der Waals surface area contributed by atoms with Crippen molar-refractivity contribution in [3.05, 3.63) is 35.6 Å². The molecule has 2 heterocycles. The molecule has 0 bridgehead atoms. The Morgan fingerprint density at radius 1 is 1.44 bits per heavy atom. The summed E-state index contributed by atoms with van der Waals surface area (Å²) < 4.78 is 5.94. The number of aryl methyl sites for hydroxylation is 1. The summed E-state index contributed by atoms with van der Waals surface area (Å²) in [6.45, 7) is 1.77. The van der Waals surface area contributed by atoms with Gasteiger partial charge in [-0.05, 0) is 0 Å². The van der Waals surface area contributed by atoms with Crippen LogP contribution in [0.4, 0.5) is 0 Å². The van der Waals surface area contributed by atoms with Gasteiger partial charge in [-0.15, -0.1) is 0 Å². The fourth-order valence-electron chi connectivity index (χ4n) is 1.26. The van der Waals surface area contributed by atoms with Crippen LogP contribution in [0, 0.1) is 49.7 Å². The summed E-state index contributed by atoms with van der Waals surface area (Å²) in [7, 11) is 0. The van der Waals surface area contributed by atoms with E-state index in [2.05, 4.69) is 15.1 Å². The molecule has 0 saturated heterocycles. The van der Waals surface area contributed by atoms with Gasteiger partial charge < -0.3 is 0 Å². The van der Waals surface area contributed by atoms with Crippen molar-refractivity contribution in [2.24, 2.45) is 0 Å². The van der Waals surface area contributed by atoms with Crippen LogP contribution in [0.15, 0.2) is 23.0 Å². The van der Waals surface area contributed by atoms with E-state index in [4.69, 9.17) is 4.52 Å². The van der Waals surface area contributed by atoms with Crippen LogP contribution < -0.4 is 0.735 Å². The van der Waals surface area contributed by atoms with Crippen molar-refractivity contribution in [2.45, 2.75) is 6.92 Å². The van der Waals surface area contributed by atoms with Crippen LogP contribution in [0.1, 0.15) is 17.1 Å². The van der Waals surface area contributed by atoms with Gasteiger partial charge in [0.2, 0.25) is 0 Å². The van der Waals surface area contributed by atoms with Gasteiger partial charge >= 0.3 is 123 Å². The number of aliphatic hydroxyl groups excluding tert-OH is 1. The molecule has 0 fully saturated rings. The Kier molecular flexibility index (Phi) is 3.74. The quantitative estimate of drug-likeness (QED) is 0.714. The molecule has 0 aliphatic heterocycles. The van der Waals surface area contributed by atoms with Crippen molar-refractivity contribution in [2.75, 3.05) is 0 Å². The molecule has 0 radical (unpaired) electrons. The molecule has 0 aliphatic carbocycles. The molecular formula is C10H9N3O2Ra. The van der Waals surface area contributed by atoms with Crippen LogP contribution in [0.25, 0.3) is 11.8 Å². The molecule has 2 rings (SSSR count). The molecule has 0 atom stereocenters. The van der Waals surface area contributed by atoms with Gasteiger partial charge in [0.05, 0.1) is 0 Å². The molecule has 0 aromatic carbocycles. The van der Waals surface area contributed by atoms with Gasteiger partial charge in [-0.25, -0.2) is 0 Å². The Morgan fingerprint density at radius 2 is 2.25 bits per heavy atom. The predicted molar refractivity (Wildman–Crippen MR) is 54.8 cm³/mol. The average Bonchev–Trinajstić information content (AvgIpc) is 2.65. The second-order valence-corrected chi connectivity index (χ2v) is 7.65. The Labute approximate surface area is 121 Å². The Hall–Kier alpha value is -0.702. The third kappa shape index (κ3) is 2.91. The van der Waals surface area contributed by atoms with Gasteiger partial charge in [0.15, 0.2) is 0 Å². The normalized spacial score (nSPS) is 11.6. The average molecular weight is 429 g/mol. The van der Waals surface area contributed by atoms with E-state index in [1.807, 2.05) is 6.07 Å². The molecule has 0 spiro atoms. The number of hydrogen-bond donors (Lipinski definition) is 1. The molecule has 5 nitrogen and oxygen atoms in total. The topological polar surface area (TPSA) is 72.0 Å². The molecule has 0 saturated carbocycles. The minimum absolute atomic E-state index is 0.0486. The predicted octanol–water partition coefficient (Wildman–Crippen LogP) is 0.736. The first-order valence-corrected chi connectivity index (χ1v) is 8.89. The Morgan fingerprint density at radius 3 is 2.88 bits per heavy atom. The number of aliphatic hydroxyl groups is 1. The third-order valence-corrected chi connectivity index (χ3v) is 4.25. The van der Waals surface area contributed by atoms with E-state index in [1.165, 1.54) is 6.33 Å². The van der Waals surface area contributed by atoms with Gasteiger partial charge in [0, 0.05) is 0 Å². The zero-order chi connectivity index (χ0) is 11.5. The second kappa shape index (κ2) is 5.08. The fourth-order valence-corrected chi connectivity index (χ4v) is 2.95. The minimum atomic E-state index is 0.0486. The standard InChI is InChI=1S/C10H8N3O2.Ra.H/c1-7-4-9(13-15-7)10(14)5-8-2-3-11-6-12-8;;/h2,4-6,14H,1H3;;/b10-5-;;. The zero-order valence-corrected chi connectivity index (χ0v) is 17.2. The van der Waals surface area contributed by atoms with Crippen molar-refractivity contribution < 1.29 is 52.4 Å². The van der Waals surface area contributed by atoms with E-state index < -0.39 is 0 Å². The zero-order valence-electron chi connectivity index (χ0n) is 9.01. The van der Waals surface area contributed by atoms with Gasteiger partial charge in [-0.2, -0.15) is 0 Å². The van der Waals surface area contributed by atoms with Crippen LogP contribution in [-0.4, -0.2) is 20.2 Å². The van der Waals surface area contributed by atoms with E-state index in [0.29, 0.717) is 17.1 Å². The van der Waals surface area contributed by atoms with Crippen molar-refractivity contribution >= 4 is 12.6 Å². The molecular weight excluding hydrogens is 420 g/mol. The summed E-state index contributed by atoms with van der Waals surface area (Å²) in [6.07, 6.45) is 3.06. The molecule has 0 aliphatic rings. The van der Waals surface area contributed by atoms with Gasteiger partial charge in [0.25, 0.3) is 0 Å². The molecule has 16 heavy (non-hydrogen) atoms. The summed E-state index contributed by atoms with van der Waals surface area (Å²) in [5.41, 5.74) is 1.10. The van der Waals surface area contributed by atoms with Crippen LogP contribution in [0.5, 0.6) is 0 Å². The van der Waals surface area contributed by atoms with E-state index in [1.54, 1.807) is 19.1 Å². The number of aromatic nitrogens is 3. The Balaban J connectivity index is 2.31. The van der Waals surface area contributed by atoms with Crippen molar-refractivity contribution in [1.29, 1.82) is 0 Å². The van der Waals surface area contributed by atoms with Gasteiger partial charge in [-0.1, -0.05) is 0 Å². The van der Waals surface area contributed by atoms with Crippen LogP contribution >= 0.6 is 0 Å². The first-order valence-electron chi connectivity index (χ1n) is 4.78. The fraction of sp³-hybridized carbons (Fsp3) is 0.100. The molecule has 78 valence electrons. The molecule has 0 unspecified atom stereocenters. The molecule has 1 N–H and O–H groups in total. The van der Waals surface area contributed by atoms with Crippen molar-refractivity contribution in [1.82, 2.24) is 15.1 Å². The third-order valence-electron chi connectivity index (χ3n) is 2.00. The summed E-state index contributed by atoms with van der Waals surface area (Å²) in [4.78, 5) is 8.11. The van der Waals surface area contributed by atoms with E-state index in [9.17, 15) is 5.11 Å². The van der Waals surface area contributed by atoms with E-state index in [0.717, 1.165) is 0.735 Å². The monoisotopic (exact) mass is 429 g/mol. The van der Waals surface area contributed by atoms with Crippen LogP contribution in [0.3, 0.4) is 0 Å². The summed E-state index contributed by atoms with van der Waals surface area (Å²) in [5.74, 6) is 0.707. The SMILES string of the molecule is Cc1cc(/C(O)=C/c2c[c]([RaH])ncn2)no1. The summed E-state index contributed by atoms with van der Waals surface area (Å²) in [6, 6.07) is 3.54. The maximum absolute atomic E-state index is 9.78. The molecule has 6 heteroatoms. The van der Waals surface area contributed by atoms with E-state index in [-0.39, 0.29) is 48.6 Å². The molecule has 2 aromatic rings.